The Bertz CT molecular complexity index is 301. The highest BCUT2D eigenvalue weighted by Gasteiger charge is 2.60. The molecule has 100 valence electrons. The number of rotatable bonds is 1. The highest BCUT2D eigenvalue weighted by molar-refractivity contribution is 5.12. The standard InChI is InChI=1S/C14H27NO2/c1-10-6-7-15-11(8-10)14(16)9-12(2,3)17-13(14,4)5/h10-11,15-16H,6-9H2,1-5H3. The molecule has 0 bridgehead atoms. The summed E-state index contributed by atoms with van der Waals surface area (Å²) in [6.45, 7) is 11.4. The van der Waals surface area contributed by atoms with Crippen LogP contribution in [0.1, 0.15) is 53.9 Å². The van der Waals surface area contributed by atoms with E-state index in [4.69, 9.17) is 4.74 Å². The van der Waals surface area contributed by atoms with Crippen LogP contribution in [0.3, 0.4) is 0 Å². The molecule has 3 heteroatoms. The molecule has 2 fully saturated rings. The van der Waals surface area contributed by atoms with E-state index in [9.17, 15) is 5.11 Å². The van der Waals surface area contributed by atoms with Crippen molar-refractivity contribution in [1.29, 1.82) is 0 Å². The molecule has 3 atom stereocenters. The van der Waals surface area contributed by atoms with E-state index in [2.05, 4.69) is 26.1 Å². The van der Waals surface area contributed by atoms with Gasteiger partial charge in [-0.3, -0.25) is 0 Å². The first-order chi connectivity index (χ1) is 7.66. The van der Waals surface area contributed by atoms with Crippen molar-refractivity contribution in [2.24, 2.45) is 5.92 Å². The number of nitrogens with one attached hydrogen (secondary N) is 1. The molecule has 0 spiro atoms. The molecule has 0 aromatic carbocycles. The van der Waals surface area contributed by atoms with Gasteiger partial charge < -0.3 is 15.2 Å². The van der Waals surface area contributed by atoms with Crippen LogP contribution in [0.25, 0.3) is 0 Å². The fourth-order valence-electron chi connectivity index (χ4n) is 3.69. The summed E-state index contributed by atoms with van der Waals surface area (Å²) in [6, 6.07) is 0.156. The highest BCUT2D eigenvalue weighted by atomic mass is 16.5. The van der Waals surface area contributed by atoms with Gasteiger partial charge in [0.1, 0.15) is 5.60 Å². The van der Waals surface area contributed by atoms with Crippen LogP contribution in [-0.2, 0) is 4.74 Å². The summed E-state index contributed by atoms with van der Waals surface area (Å²) in [5.41, 5.74) is -1.48. The molecule has 2 aliphatic heterocycles. The minimum absolute atomic E-state index is 0.156. The maximum Gasteiger partial charge on any atom is 0.111 e. The van der Waals surface area contributed by atoms with Crippen molar-refractivity contribution in [3.63, 3.8) is 0 Å². The van der Waals surface area contributed by atoms with Gasteiger partial charge in [-0.15, -0.1) is 0 Å². The molecule has 2 rings (SSSR count). The molecule has 0 aromatic rings. The van der Waals surface area contributed by atoms with E-state index in [0.717, 1.165) is 13.0 Å². The highest BCUT2D eigenvalue weighted by Crippen LogP contribution is 2.48. The van der Waals surface area contributed by atoms with Gasteiger partial charge >= 0.3 is 0 Å². The Kier molecular flexibility index (Phi) is 3.08. The van der Waals surface area contributed by atoms with E-state index in [1.165, 1.54) is 6.42 Å². The van der Waals surface area contributed by atoms with Crippen molar-refractivity contribution in [3.8, 4) is 0 Å². The van der Waals surface area contributed by atoms with Crippen LogP contribution >= 0.6 is 0 Å². The molecular weight excluding hydrogens is 214 g/mol. The Balaban J connectivity index is 2.22. The summed E-state index contributed by atoms with van der Waals surface area (Å²) in [5, 5.41) is 14.6. The second-order valence-electron chi connectivity index (χ2n) is 7.11. The molecule has 3 unspecified atom stereocenters. The first kappa shape index (κ1) is 13.3. The van der Waals surface area contributed by atoms with E-state index in [1.54, 1.807) is 0 Å². The predicted octanol–water partition coefficient (Wildman–Crippen LogP) is 2.08. The molecule has 3 nitrogen and oxygen atoms in total. The summed E-state index contributed by atoms with van der Waals surface area (Å²) in [5.74, 6) is 0.685. The molecule has 17 heavy (non-hydrogen) atoms. The van der Waals surface area contributed by atoms with Crippen LogP contribution in [0.2, 0.25) is 0 Å². The van der Waals surface area contributed by atoms with E-state index >= 15 is 0 Å². The molecule has 2 aliphatic rings. The molecule has 0 radical (unpaired) electrons. The first-order valence-electron chi connectivity index (χ1n) is 6.82. The molecule has 0 saturated carbocycles. The maximum atomic E-state index is 11.1. The summed E-state index contributed by atoms with van der Waals surface area (Å²) in [7, 11) is 0. The van der Waals surface area contributed by atoms with Crippen molar-refractivity contribution >= 4 is 0 Å². The van der Waals surface area contributed by atoms with Gasteiger partial charge in [-0.05, 0) is 53.0 Å². The lowest BCUT2D eigenvalue weighted by Gasteiger charge is -2.44. The third kappa shape index (κ3) is 2.25. The van der Waals surface area contributed by atoms with Crippen LogP contribution in [0.15, 0.2) is 0 Å². The first-order valence-corrected chi connectivity index (χ1v) is 6.82. The third-order valence-corrected chi connectivity index (χ3v) is 4.51. The van der Waals surface area contributed by atoms with Crippen molar-refractivity contribution < 1.29 is 9.84 Å². The zero-order valence-electron chi connectivity index (χ0n) is 11.8. The second-order valence-corrected chi connectivity index (χ2v) is 7.11. The largest absolute Gasteiger partial charge is 0.385 e. The molecule has 2 heterocycles. The summed E-state index contributed by atoms with van der Waals surface area (Å²) in [6.07, 6.45) is 2.95. The predicted molar refractivity (Wildman–Crippen MR) is 69.0 cm³/mol. The Hall–Kier alpha value is -0.120. The van der Waals surface area contributed by atoms with E-state index in [1.807, 2.05) is 13.8 Å². The zero-order chi connectivity index (χ0) is 12.9. The van der Waals surface area contributed by atoms with Gasteiger partial charge in [0.05, 0.1) is 11.2 Å². The Labute approximate surface area is 105 Å². The van der Waals surface area contributed by atoms with E-state index in [0.29, 0.717) is 12.3 Å². The monoisotopic (exact) mass is 241 g/mol. The molecule has 0 aliphatic carbocycles. The fourth-order valence-corrected chi connectivity index (χ4v) is 3.69. The zero-order valence-corrected chi connectivity index (χ0v) is 11.8. The summed E-state index contributed by atoms with van der Waals surface area (Å²) >= 11 is 0. The van der Waals surface area contributed by atoms with Gasteiger partial charge in [0.25, 0.3) is 0 Å². The SMILES string of the molecule is CC1CCNC(C2(O)CC(C)(C)OC2(C)C)C1. The van der Waals surface area contributed by atoms with Crippen molar-refractivity contribution in [1.82, 2.24) is 5.32 Å². The second kappa shape index (κ2) is 3.94. The molecule has 2 N–H and O–H groups in total. The number of piperidine rings is 1. The van der Waals surface area contributed by atoms with Crippen LogP contribution in [0.5, 0.6) is 0 Å². The minimum Gasteiger partial charge on any atom is -0.385 e. The lowest BCUT2D eigenvalue weighted by molar-refractivity contribution is -0.142. The van der Waals surface area contributed by atoms with Gasteiger partial charge in [0, 0.05) is 12.5 Å². The maximum absolute atomic E-state index is 11.1. The smallest absolute Gasteiger partial charge is 0.111 e. The number of hydrogen-bond donors (Lipinski definition) is 2. The lowest BCUT2D eigenvalue weighted by atomic mass is 9.72. The van der Waals surface area contributed by atoms with Crippen molar-refractivity contribution in [3.05, 3.63) is 0 Å². The van der Waals surface area contributed by atoms with Crippen LogP contribution < -0.4 is 5.32 Å². The average molecular weight is 241 g/mol. The number of aliphatic hydroxyl groups is 1. The molecule has 0 aromatic heterocycles. The van der Waals surface area contributed by atoms with Gasteiger partial charge in [-0.25, -0.2) is 0 Å². The van der Waals surface area contributed by atoms with Crippen LogP contribution in [0, 0.1) is 5.92 Å². The Morgan fingerprint density at radius 2 is 1.88 bits per heavy atom. The van der Waals surface area contributed by atoms with Gasteiger partial charge in [-0.1, -0.05) is 6.92 Å². The normalized spacial score (nSPS) is 44.8. The molecule has 0 amide bonds. The molecular formula is C14H27NO2. The number of ether oxygens (including phenoxy) is 1. The Morgan fingerprint density at radius 1 is 1.24 bits per heavy atom. The summed E-state index contributed by atoms with van der Waals surface area (Å²) in [4.78, 5) is 0. The van der Waals surface area contributed by atoms with Crippen LogP contribution in [-0.4, -0.2) is 34.5 Å². The van der Waals surface area contributed by atoms with Gasteiger partial charge in [-0.2, -0.15) is 0 Å². The lowest BCUT2D eigenvalue weighted by Crippen LogP contribution is -2.62. The van der Waals surface area contributed by atoms with Gasteiger partial charge in [0.15, 0.2) is 0 Å². The Morgan fingerprint density at radius 3 is 2.35 bits per heavy atom. The van der Waals surface area contributed by atoms with Crippen LogP contribution in [0.4, 0.5) is 0 Å². The quantitative estimate of drug-likeness (QED) is 0.738. The fraction of sp³-hybridized carbons (Fsp3) is 1.00. The minimum atomic E-state index is -0.759. The topological polar surface area (TPSA) is 41.5 Å². The van der Waals surface area contributed by atoms with Crippen molar-refractivity contribution in [2.45, 2.75) is 76.7 Å². The van der Waals surface area contributed by atoms with E-state index in [-0.39, 0.29) is 11.6 Å². The third-order valence-electron chi connectivity index (χ3n) is 4.51. The van der Waals surface area contributed by atoms with Gasteiger partial charge in [0.2, 0.25) is 0 Å². The van der Waals surface area contributed by atoms with Crippen molar-refractivity contribution in [2.75, 3.05) is 6.54 Å². The number of hydrogen-bond acceptors (Lipinski definition) is 3. The van der Waals surface area contributed by atoms with E-state index < -0.39 is 11.2 Å². The summed E-state index contributed by atoms with van der Waals surface area (Å²) < 4.78 is 6.05. The molecule has 2 saturated heterocycles. The average Bonchev–Trinajstić information content (AvgIpc) is 2.31.